The second-order valence-electron chi connectivity index (χ2n) is 5.15. The zero-order valence-electron chi connectivity index (χ0n) is 12.7. The average molecular weight is 314 g/mol. The van der Waals surface area contributed by atoms with Gasteiger partial charge < -0.3 is 9.47 Å². The Kier molecular flexibility index (Phi) is 5.08. The molecule has 7 heteroatoms. The molecule has 0 aliphatic carbocycles. The highest BCUT2D eigenvalue weighted by molar-refractivity contribution is 7.86. The van der Waals surface area contributed by atoms with Crippen LogP contribution < -0.4 is 9.47 Å². The predicted octanol–water partition coefficient (Wildman–Crippen LogP) is 1.34. The Labute approximate surface area is 126 Å². The normalized spacial score (nSPS) is 18.2. The fourth-order valence-electron chi connectivity index (χ4n) is 2.16. The van der Waals surface area contributed by atoms with E-state index in [1.165, 1.54) is 22.7 Å². The molecule has 6 nitrogen and oxygen atoms in total. The van der Waals surface area contributed by atoms with E-state index in [2.05, 4.69) is 0 Å². The lowest BCUT2D eigenvalue weighted by atomic mass is 10.2. The van der Waals surface area contributed by atoms with Gasteiger partial charge in [0.1, 0.15) is 12.7 Å². The molecule has 0 saturated heterocycles. The Balaban J connectivity index is 2.09. The van der Waals surface area contributed by atoms with Crippen LogP contribution >= 0.6 is 0 Å². The molecule has 2 rings (SSSR count). The molecule has 0 spiro atoms. The van der Waals surface area contributed by atoms with E-state index in [0.717, 1.165) is 6.42 Å². The van der Waals surface area contributed by atoms with Gasteiger partial charge in [-0.25, -0.2) is 0 Å². The summed E-state index contributed by atoms with van der Waals surface area (Å²) < 4.78 is 38.7. The molecule has 0 radical (unpaired) electrons. The third-order valence-corrected chi connectivity index (χ3v) is 5.14. The fourth-order valence-corrected chi connectivity index (χ4v) is 3.39. The molecule has 0 N–H and O–H groups in total. The Morgan fingerprint density at radius 2 is 1.90 bits per heavy atom. The minimum atomic E-state index is -3.45. The molecule has 1 aromatic carbocycles. The molecule has 1 aromatic rings. The molecule has 1 aliphatic heterocycles. The molecule has 21 heavy (non-hydrogen) atoms. The minimum Gasteiger partial charge on any atom is -0.486 e. The highest BCUT2D eigenvalue weighted by atomic mass is 32.2. The van der Waals surface area contributed by atoms with Crippen LogP contribution in [0.1, 0.15) is 13.3 Å². The highest BCUT2D eigenvalue weighted by Crippen LogP contribution is 2.31. The molecule has 0 saturated carbocycles. The second-order valence-corrected chi connectivity index (χ2v) is 7.29. The summed E-state index contributed by atoms with van der Waals surface area (Å²) in [6, 6.07) is 7.41. The quantitative estimate of drug-likeness (QED) is 0.795. The van der Waals surface area contributed by atoms with Crippen LogP contribution in [0.2, 0.25) is 0 Å². The summed E-state index contributed by atoms with van der Waals surface area (Å²) in [4.78, 5) is 0. The molecule has 0 fully saturated rings. The van der Waals surface area contributed by atoms with Gasteiger partial charge in [0.15, 0.2) is 11.5 Å². The van der Waals surface area contributed by atoms with Crippen molar-refractivity contribution >= 4 is 10.2 Å². The van der Waals surface area contributed by atoms with Crippen LogP contribution in [0, 0.1) is 0 Å². The van der Waals surface area contributed by atoms with E-state index in [9.17, 15) is 8.42 Å². The first-order valence-electron chi connectivity index (χ1n) is 7.01. The fraction of sp³-hybridized carbons (Fsp3) is 0.571. The van der Waals surface area contributed by atoms with Gasteiger partial charge >= 0.3 is 0 Å². The summed E-state index contributed by atoms with van der Waals surface area (Å²) in [5.74, 6) is 1.36. The standard InChI is InChI=1S/C14H22N2O4S/c1-4-9-16(21(17,18)15(2)3)10-12-11-19-13-7-5-6-8-14(13)20-12/h5-8,12H,4,9-11H2,1-3H3. The number of hydrogen-bond acceptors (Lipinski definition) is 4. The van der Waals surface area contributed by atoms with Gasteiger partial charge in [-0.05, 0) is 18.6 Å². The summed E-state index contributed by atoms with van der Waals surface area (Å²) >= 11 is 0. The van der Waals surface area contributed by atoms with Crippen LogP contribution in [-0.2, 0) is 10.2 Å². The maximum atomic E-state index is 12.3. The molecule has 0 amide bonds. The Bertz CT molecular complexity index is 574. The van der Waals surface area contributed by atoms with Crippen LogP contribution in [-0.4, -0.2) is 56.9 Å². The lowest BCUT2D eigenvalue weighted by Crippen LogP contribution is -2.47. The summed E-state index contributed by atoms with van der Waals surface area (Å²) in [6.07, 6.45) is 0.443. The Morgan fingerprint density at radius 3 is 2.52 bits per heavy atom. The molecule has 118 valence electrons. The van der Waals surface area contributed by atoms with E-state index >= 15 is 0 Å². The first-order valence-corrected chi connectivity index (χ1v) is 8.41. The topological polar surface area (TPSA) is 59.1 Å². The summed E-state index contributed by atoms with van der Waals surface area (Å²) in [5, 5.41) is 0. The molecular weight excluding hydrogens is 292 g/mol. The van der Waals surface area contributed by atoms with Crippen LogP contribution in [0.5, 0.6) is 11.5 Å². The van der Waals surface area contributed by atoms with Gasteiger partial charge in [-0.2, -0.15) is 17.0 Å². The van der Waals surface area contributed by atoms with Crippen molar-refractivity contribution in [1.82, 2.24) is 8.61 Å². The molecule has 0 bridgehead atoms. The average Bonchev–Trinajstić information content (AvgIpc) is 2.46. The monoisotopic (exact) mass is 314 g/mol. The highest BCUT2D eigenvalue weighted by Gasteiger charge is 2.30. The minimum absolute atomic E-state index is 0.280. The number of hydrogen-bond donors (Lipinski definition) is 0. The largest absolute Gasteiger partial charge is 0.486 e. The summed E-state index contributed by atoms with van der Waals surface area (Å²) in [5.41, 5.74) is 0. The zero-order valence-corrected chi connectivity index (χ0v) is 13.5. The molecule has 1 atom stereocenters. The zero-order chi connectivity index (χ0) is 15.5. The maximum absolute atomic E-state index is 12.3. The summed E-state index contributed by atoms with van der Waals surface area (Å²) in [7, 11) is -0.380. The van der Waals surface area contributed by atoms with Crippen molar-refractivity contribution in [2.24, 2.45) is 0 Å². The van der Waals surface area contributed by atoms with Crippen molar-refractivity contribution < 1.29 is 17.9 Å². The van der Waals surface area contributed by atoms with Gasteiger partial charge in [0, 0.05) is 20.6 Å². The van der Waals surface area contributed by atoms with Crippen LogP contribution in [0.3, 0.4) is 0 Å². The van der Waals surface area contributed by atoms with Crippen molar-refractivity contribution in [3.63, 3.8) is 0 Å². The van der Waals surface area contributed by atoms with E-state index in [4.69, 9.17) is 9.47 Å². The van der Waals surface area contributed by atoms with E-state index in [0.29, 0.717) is 24.7 Å². The van der Waals surface area contributed by atoms with Crippen molar-refractivity contribution in [2.75, 3.05) is 33.8 Å². The van der Waals surface area contributed by atoms with Gasteiger partial charge in [-0.3, -0.25) is 0 Å². The maximum Gasteiger partial charge on any atom is 0.281 e. The van der Waals surface area contributed by atoms with Crippen LogP contribution in [0.4, 0.5) is 0 Å². The first kappa shape index (κ1) is 16.1. The number of rotatable bonds is 6. The van der Waals surface area contributed by atoms with E-state index in [1.807, 2.05) is 31.2 Å². The first-order chi connectivity index (χ1) is 9.95. The van der Waals surface area contributed by atoms with Gasteiger partial charge in [-0.1, -0.05) is 19.1 Å². The van der Waals surface area contributed by atoms with Crippen LogP contribution in [0.25, 0.3) is 0 Å². The number of para-hydroxylation sites is 2. The van der Waals surface area contributed by atoms with Crippen LogP contribution in [0.15, 0.2) is 24.3 Å². The van der Waals surface area contributed by atoms with E-state index in [-0.39, 0.29) is 12.6 Å². The second kappa shape index (κ2) is 6.64. The predicted molar refractivity (Wildman–Crippen MR) is 80.8 cm³/mol. The lowest BCUT2D eigenvalue weighted by Gasteiger charge is -2.31. The molecular formula is C14H22N2O4S. The third-order valence-electron chi connectivity index (χ3n) is 3.24. The van der Waals surface area contributed by atoms with Crippen molar-refractivity contribution in [1.29, 1.82) is 0 Å². The third kappa shape index (κ3) is 3.66. The number of fused-ring (bicyclic) bond motifs is 1. The number of nitrogens with zero attached hydrogens (tertiary/aromatic N) is 2. The van der Waals surface area contributed by atoms with E-state index in [1.54, 1.807) is 0 Å². The lowest BCUT2D eigenvalue weighted by molar-refractivity contribution is 0.0755. The van der Waals surface area contributed by atoms with Gasteiger partial charge in [0.25, 0.3) is 10.2 Å². The van der Waals surface area contributed by atoms with E-state index < -0.39 is 10.2 Å². The van der Waals surface area contributed by atoms with Crippen molar-refractivity contribution in [3.8, 4) is 11.5 Å². The molecule has 1 aliphatic rings. The van der Waals surface area contributed by atoms with Gasteiger partial charge in [0.2, 0.25) is 0 Å². The van der Waals surface area contributed by atoms with Crippen molar-refractivity contribution in [2.45, 2.75) is 19.4 Å². The smallest absolute Gasteiger partial charge is 0.281 e. The van der Waals surface area contributed by atoms with Gasteiger partial charge in [0.05, 0.1) is 6.54 Å². The van der Waals surface area contributed by atoms with Crippen molar-refractivity contribution in [3.05, 3.63) is 24.3 Å². The Hall–Kier alpha value is -1.31. The van der Waals surface area contributed by atoms with Gasteiger partial charge in [-0.15, -0.1) is 0 Å². The number of ether oxygens (including phenoxy) is 2. The molecule has 1 unspecified atom stereocenters. The number of benzene rings is 1. The summed E-state index contributed by atoms with van der Waals surface area (Å²) in [6.45, 7) is 3.04. The molecule has 1 heterocycles. The Morgan fingerprint density at radius 1 is 1.24 bits per heavy atom. The SMILES string of the molecule is CCCN(CC1COc2ccccc2O1)S(=O)(=O)N(C)C. The molecule has 0 aromatic heterocycles.